The molecule has 12 heteroatoms. The van der Waals surface area contributed by atoms with Gasteiger partial charge in [-0.05, 0) is 0 Å². The fourth-order valence-corrected chi connectivity index (χ4v) is 2.28. The number of nitrogens with one attached hydrogen (secondary N) is 1. The maximum atomic E-state index is 13.8. The average molecular weight is 347 g/mol. The van der Waals surface area contributed by atoms with Gasteiger partial charge in [0.25, 0.3) is 0 Å². The molecule has 0 aromatic heterocycles. The molecule has 0 radical (unpaired) electrons. The van der Waals surface area contributed by atoms with Crippen LogP contribution in [0.4, 0.5) is 32.0 Å². The van der Waals surface area contributed by atoms with Crippen molar-refractivity contribution >= 4 is 28.5 Å². The third kappa shape index (κ3) is 2.34. The predicted molar refractivity (Wildman–Crippen MR) is 59.8 cm³/mol. The summed E-state index contributed by atoms with van der Waals surface area (Å²) in [6.07, 6.45) is 0. The van der Waals surface area contributed by atoms with Crippen molar-refractivity contribution in [3.8, 4) is 0 Å². The van der Waals surface area contributed by atoms with Gasteiger partial charge in [-0.15, -0.1) is 4.33 Å². The minimum absolute atomic E-state index is 0.345. The highest BCUT2D eigenvalue weighted by Crippen LogP contribution is 2.41. The number of benzene rings is 2. The lowest BCUT2D eigenvalue weighted by molar-refractivity contribution is -0.432. The highest BCUT2D eigenvalue weighted by Gasteiger charge is 2.30. The molecule has 2 rings (SSSR count). The van der Waals surface area contributed by atoms with Crippen LogP contribution in [0, 0.1) is 34.9 Å². The van der Waals surface area contributed by atoms with Gasteiger partial charge in [0, 0.05) is 5.39 Å². The quantitative estimate of drug-likeness (QED) is 0.256. The van der Waals surface area contributed by atoms with Gasteiger partial charge in [-0.25, -0.2) is 31.6 Å². The van der Waals surface area contributed by atoms with Crippen molar-refractivity contribution < 1.29 is 46.2 Å². The molecule has 0 bridgehead atoms. The molecular formula is C10H3F6NO4S. The zero-order chi connectivity index (χ0) is 16.6. The lowest BCUT2D eigenvalue weighted by Crippen LogP contribution is -2.07. The molecule has 3 N–H and O–H groups in total. The van der Waals surface area contributed by atoms with E-state index in [2.05, 4.69) is 9.37 Å². The largest absolute Gasteiger partial charge is 0.291 e. The molecule has 0 aliphatic carbocycles. The van der Waals surface area contributed by atoms with E-state index in [1.54, 1.807) is 0 Å². The first-order valence-corrected chi connectivity index (χ1v) is 5.82. The molecule has 120 valence electrons. The van der Waals surface area contributed by atoms with Gasteiger partial charge in [0.15, 0.2) is 34.9 Å². The van der Waals surface area contributed by atoms with E-state index in [0.717, 1.165) is 5.48 Å². The summed E-state index contributed by atoms with van der Waals surface area (Å²) in [5, 5.41) is 17.2. The summed E-state index contributed by atoms with van der Waals surface area (Å²) in [5.74, 6) is -12.6. The van der Waals surface area contributed by atoms with Crippen molar-refractivity contribution in [1.82, 2.24) is 0 Å². The van der Waals surface area contributed by atoms with E-state index in [1.165, 1.54) is 0 Å². The molecule has 0 atom stereocenters. The predicted octanol–water partition coefficient (Wildman–Crippen LogP) is 3.90. The van der Waals surface area contributed by atoms with E-state index in [9.17, 15) is 26.3 Å². The highest BCUT2D eigenvalue weighted by atomic mass is 32.2. The smallest absolute Gasteiger partial charge is 0.197 e. The van der Waals surface area contributed by atoms with Crippen LogP contribution >= 0.6 is 12.0 Å². The highest BCUT2D eigenvalue weighted by molar-refractivity contribution is 7.94. The third-order valence-corrected chi connectivity index (χ3v) is 3.29. The minimum Gasteiger partial charge on any atom is -0.291 e. The van der Waals surface area contributed by atoms with Gasteiger partial charge < -0.3 is 0 Å². The Morgan fingerprint density at radius 1 is 0.773 bits per heavy atom. The molecule has 0 heterocycles. The van der Waals surface area contributed by atoms with E-state index in [-0.39, 0.29) is 12.0 Å². The van der Waals surface area contributed by atoms with Crippen molar-refractivity contribution in [2.75, 3.05) is 5.48 Å². The first-order valence-electron chi connectivity index (χ1n) is 5.08. The van der Waals surface area contributed by atoms with Crippen molar-refractivity contribution in [3.63, 3.8) is 0 Å². The van der Waals surface area contributed by atoms with Crippen LogP contribution in [-0.2, 0) is 9.37 Å². The summed E-state index contributed by atoms with van der Waals surface area (Å²) in [4.78, 5) is -1.20. The Kier molecular flexibility index (Phi) is 4.67. The number of rotatable bonds is 4. The molecule has 0 unspecified atom stereocenters. The molecule has 2 aromatic rings. The second kappa shape index (κ2) is 6.18. The van der Waals surface area contributed by atoms with Crippen molar-refractivity contribution in [1.29, 1.82) is 0 Å². The molecule has 22 heavy (non-hydrogen) atoms. The molecular weight excluding hydrogens is 344 g/mol. The number of fused-ring (bicyclic) bond motifs is 1. The van der Waals surface area contributed by atoms with Gasteiger partial charge in [-0.3, -0.25) is 10.7 Å². The van der Waals surface area contributed by atoms with Crippen molar-refractivity contribution in [2.45, 2.75) is 4.90 Å². The molecule has 2 aromatic carbocycles. The zero-order valence-electron chi connectivity index (χ0n) is 9.89. The Morgan fingerprint density at radius 2 is 1.32 bits per heavy atom. The normalized spacial score (nSPS) is 11.3. The van der Waals surface area contributed by atoms with Crippen LogP contribution in [0.15, 0.2) is 4.90 Å². The second-order valence-corrected chi connectivity index (χ2v) is 4.39. The van der Waals surface area contributed by atoms with E-state index in [1.807, 2.05) is 0 Å². The van der Waals surface area contributed by atoms with Crippen LogP contribution in [0.25, 0.3) is 10.8 Å². The van der Waals surface area contributed by atoms with Gasteiger partial charge in [-0.2, -0.15) is 0 Å². The van der Waals surface area contributed by atoms with Gasteiger partial charge in [0.2, 0.25) is 0 Å². The Bertz CT molecular complexity index is 759. The minimum atomic E-state index is -2.19. The van der Waals surface area contributed by atoms with Crippen molar-refractivity contribution in [2.24, 2.45) is 0 Å². The molecule has 0 saturated heterocycles. The Labute approximate surface area is 121 Å². The maximum absolute atomic E-state index is 13.8. The van der Waals surface area contributed by atoms with Crippen LogP contribution in [0.5, 0.6) is 0 Å². The Balaban J connectivity index is 3.04. The summed E-state index contributed by atoms with van der Waals surface area (Å²) in [6.45, 7) is 0. The SMILES string of the molecule is ONc1c(F)c(F)c(F)c2c(SOOO)c(F)c(F)c(F)c12. The topological polar surface area (TPSA) is 71.0 Å². The molecule has 0 amide bonds. The summed E-state index contributed by atoms with van der Waals surface area (Å²) >= 11 is -0.345. The lowest BCUT2D eigenvalue weighted by atomic mass is 10.1. The third-order valence-electron chi connectivity index (χ3n) is 2.62. The van der Waals surface area contributed by atoms with E-state index >= 15 is 0 Å². The fraction of sp³-hybridized carbons (Fsp3) is 0. The van der Waals surface area contributed by atoms with Gasteiger partial charge in [0.05, 0.1) is 22.3 Å². The first kappa shape index (κ1) is 16.6. The van der Waals surface area contributed by atoms with Crippen LogP contribution in [-0.4, -0.2) is 10.5 Å². The second-order valence-electron chi connectivity index (χ2n) is 3.68. The Hall–Kier alpha value is -1.73. The number of hydrogen-bond acceptors (Lipinski definition) is 6. The fourth-order valence-electron chi connectivity index (χ4n) is 1.74. The molecule has 0 aliphatic heterocycles. The molecule has 0 spiro atoms. The molecule has 0 saturated carbocycles. The zero-order valence-corrected chi connectivity index (χ0v) is 10.7. The summed E-state index contributed by atoms with van der Waals surface area (Å²) in [6, 6.07) is 0. The van der Waals surface area contributed by atoms with Crippen LogP contribution in [0.1, 0.15) is 0 Å². The van der Waals surface area contributed by atoms with Crippen molar-refractivity contribution in [3.05, 3.63) is 34.9 Å². The Morgan fingerprint density at radius 3 is 1.86 bits per heavy atom. The monoisotopic (exact) mass is 347 g/mol. The molecule has 0 aliphatic rings. The molecule has 5 nitrogen and oxygen atoms in total. The number of anilines is 1. The van der Waals surface area contributed by atoms with E-state index < -0.39 is 56.3 Å². The van der Waals surface area contributed by atoms with Crippen LogP contribution in [0.3, 0.4) is 0 Å². The summed E-state index contributed by atoms with van der Waals surface area (Å²) < 4.78 is 85.3. The average Bonchev–Trinajstić information content (AvgIpc) is 2.51. The molecule has 0 fully saturated rings. The maximum Gasteiger partial charge on any atom is 0.197 e. The van der Waals surface area contributed by atoms with Gasteiger partial charge in [-0.1, -0.05) is 5.04 Å². The van der Waals surface area contributed by atoms with E-state index in [0.29, 0.717) is 0 Å². The number of halogens is 6. The van der Waals surface area contributed by atoms with Gasteiger partial charge >= 0.3 is 0 Å². The first-order chi connectivity index (χ1) is 10.4. The lowest BCUT2D eigenvalue weighted by Gasteiger charge is -2.14. The van der Waals surface area contributed by atoms with Crippen LogP contribution in [0.2, 0.25) is 0 Å². The standard InChI is InChI=1S/C10H3F6NO4S/c11-3-1-2(4(12)5(13)7(15)9(1)17-18)10(22-21-20-19)8(16)6(3)14/h17-19H. The summed E-state index contributed by atoms with van der Waals surface area (Å²) in [5.41, 5.74) is -0.328. The number of hydrogen-bond donors (Lipinski definition) is 3. The van der Waals surface area contributed by atoms with Crippen LogP contribution < -0.4 is 5.48 Å². The van der Waals surface area contributed by atoms with E-state index in [4.69, 9.17) is 10.5 Å². The van der Waals surface area contributed by atoms with Gasteiger partial charge in [0.1, 0.15) is 5.69 Å². The summed E-state index contributed by atoms with van der Waals surface area (Å²) in [7, 11) is 0.